The van der Waals surface area contributed by atoms with Crippen molar-refractivity contribution in [2.75, 3.05) is 39.8 Å². The molecular weight excluding hydrogens is 210 g/mol. The molecule has 2 unspecified atom stereocenters. The van der Waals surface area contributed by atoms with Crippen LogP contribution >= 0.6 is 0 Å². The molecule has 0 aromatic carbocycles. The highest BCUT2D eigenvalue weighted by Gasteiger charge is 2.33. The summed E-state index contributed by atoms with van der Waals surface area (Å²) >= 11 is 0. The normalized spacial score (nSPS) is 31.4. The van der Waals surface area contributed by atoms with Crippen molar-refractivity contribution >= 4 is 0 Å². The highest BCUT2D eigenvalue weighted by atomic mass is 15.2. The molecule has 100 valence electrons. The average molecular weight is 239 g/mol. The molecule has 2 fully saturated rings. The van der Waals surface area contributed by atoms with Gasteiger partial charge in [-0.2, -0.15) is 0 Å². The Bertz CT molecular complexity index is 220. The van der Waals surface area contributed by atoms with Crippen LogP contribution in [0.1, 0.15) is 38.5 Å². The maximum atomic E-state index is 5.53. The molecule has 0 saturated carbocycles. The summed E-state index contributed by atoms with van der Waals surface area (Å²) in [6, 6.07) is 0.879. The van der Waals surface area contributed by atoms with E-state index in [0.717, 1.165) is 18.5 Å². The Morgan fingerprint density at radius 3 is 2.82 bits per heavy atom. The molecule has 0 aromatic heterocycles. The van der Waals surface area contributed by atoms with E-state index in [0.29, 0.717) is 0 Å². The molecule has 2 aliphatic heterocycles. The first-order chi connectivity index (χ1) is 8.31. The molecule has 2 aliphatic rings. The second-order valence-corrected chi connectivity index (χ2v) is 5.89. The van der Waals surface area contributed by atoms with Crippen molar-refractivity contribution < 1.29 is 0 Å². The Morgan fingerprint density at radius 2 is 2.00 bits per heavy atom. The van der Waals surface area contributed by atoms with Crippen LogP contribution < -0.4 is 5.73 Å². The minimum Gasteiger partial charge on any atom is -0.330 e. The summed E-state index contributed by atoms with van der Waals surface area (Å²) in [5, 5.41) is 0. The van der Waals surface area contributed by atoms with Gasteiger partial charge >= 0.3 is 0 Å². The predicted molar refractivity (Wildman–Crippen MR) is 73.1 cm³/mol. The van der Waals surface area contributed by atoms with Crippen LogP contribution in [0.15, 0.2) is 0 Å². The fourth-order valence-corrected chi connectivity index (χ4v) is 3.59. The average Bonchev–Trinajstić information content (AvgIpc) is 2.35. The highest BCUT2D eigenvalue weighted by molar-refractivity contribution is 4.89. The first-order valence-corrected chi connectivity index (χ1v) is 7.44. The number of hydrogen-bond donors (Lipinski definition) is 1. The smallest absolute Gasteiger partial charge is 0.0145 e. The molecule has 2 heterocycles. The van der Waals surface area contributed by atoms with Crippen LogP contribution in [0.25, 0.3) is 0 Å². The van der Waals surface area contributed by atoms with E-state index in [-0.39, 0.29) is 0 Å². The molecule has 17 heavy (non-hydrogen) atoms. The largest absolute Gasteiger partial charge is 0.330 e. The van der Waals surface area contributed by atoms with E-state index in [2.05, 4.69) is 16.8 Å². The van der Waals surface area contributed by atoms with E-state index in [1.807, 2.05) is 0 Å². The Hall–Kier alpha value is -0.120. The SMILES string of the molecule is CN1CCCC2CN(CCCCCN)CCC21. The van der Waals surface area contributed by atoms with Crippen molar-refractivity contribution in [3.8, 4) is 0 Å². The molecule has 3 heteroatoms. The van der Waals surface area contributed by atoms with Crippen LogP contribution in [0.5, 0.6) is 0 Å². The highest BCUT2D eigenvalue weighted by Crippen LogP contribution is 2.29. The van der Waals surface area contributed by atoms with E-state index in [4.69, 9.17) is 5.73 Å². The summed E-state index contributed by atoms with van der Waals surface area (Å²) < 4.78 is 0. The number of fused-ring (bicyclic) bond motifs is 1. The second kappa shape index (κ2) is 6.72. The topological polar surface area (TPSA) is 32.5 Å². The zero-order chi connectivity index (χ0) is 12.1. The van der Waals surface area contributed by atoms with Crippen LogP contribution in [0.4, 0.5) is 0 Å². The summed E-state index contributed by atoms with van der Waals surface area (Å²) in [4.78, 5) is 5.29. The summed E-state index contributed by atoms with van der Waals surface area (Å²) in [7, 11) is 2.31. The Balaban J connectivity index is 1.70. The van der Waals surface area contributed by atoms with Gasteiger partial charge < -0.3 is 15.5 Å². The molecule has 0 aliphatic carbocycles. The van der Waals surface area contributed by atoms with Crippen molar-refractivity contribution in [3.05, 3.63) is 0 Å². The molecule has 2 atom stereocenters. The number of rotatable bonds is 5. The van der Waals surface area contributed by atoms with E-state index in [9.17, 15) is 0 Å². The summed E-state index contributed by atoms with van der Waals surface area (Å²) in [5.41, 5.74) is 5.53. The molecule has 2 rings (SSSR count). The monoisotopic (exact) mass is 239 g/mol. The van der Waals surface area contributed by atoms with Crippen LogP contribution in [0, 0.1) is 5.92 Å². The zero-order valence-electron chi connectivity index (χ0n) is 11.4. The van der Waals surface area contributed by atoms with Crippen molar-refractivity contribution in [2.24, 2.45) is 11.7 Å². The van der Waals surface area contributed by atoms with E-state index < -0.39 is 0 Å². The predicted octanol–water partition coefficient (Wildman–Crippen LogP) is 1.53. The molecule has 0 radical (unpaired) electrons. The number of nitrogens with two attached hydrogens (primary N) is 1. The van der Waals surface area contributed by atoms with Gasteiger partial charge in [0.15, 0.2) is 0 Å². The minimum absolute atomic E-state index is 0.857. The quantitative estimate of drug-likeness (QED) is 0.739. The zero-order valence-corrected chi connectivity index (χ0v) is 11.4. The molecule has 0 bridgehead atoms. The fourth-order valence-electron chi connectivity index (χ4n) is 3.59. The standard InChI is InChI=1S/C14H29N3/c1-16-9-5-6-13-12-17(11-7-14(13)16)10-4-2-3-8-15/h13-14H,2-12,15H2,1H3. The number of piperidine rings is 2. The number of hydrogen-bond acceptors (Lipinski definition) is 3. The van der Waals surface area contributed by atoms with Gasteiger partial charge in [0.2, 0.25) is 0 Å². The van der Waals surface area contributed by atoms with Crippen LogP contribution in [0.3, 0.4) is 0 Å². The number of nitrogens with zero attached hydrogens (tertiary/aromatic N) is 2. The first kappa shape index (κ1) is 13.3. The van der Waals surface area contributed by atoms with Crippen LogP contribution in [-0.4, -0.2) is 55.6 Å². The van der Waals surface area contributed by atoms with Crippen LogP contribution in [-0.2, 0) is 0 Å². The lowest BCUT2D eigenvalue weighted by molar-refractivity contribution is 0.0380. The van der Waals surface area contributed by atoms with E-state index in [1.54, 1.807) is 0 Å². The molecule has 2 saturated heterocycles. The summed E-state index contributed by atoms with van der Waals surface area (Å²) in [6.45, 7) is 6.13. The third kappa shape index (κ3) is 3.67. The Kier molecular flexibility index (Phi) is 5.26. The Morgan fingerprint density at radius 1 is 1.12 bits per heavy atom. The van der Waals surface area contributed by atoms with Gasteiger partial charge in [-0.15, -0.1) is 0 Å². The minimum atomic E-state index is 0.857. The lowest BCUT2D eigenvalue weighted by Gasteiger charge is -2.46. The molecule has 2 N–H and O–H groups in total. The lowest BCUT2D eigenvalue weighted by Crippen LogP contribution is -2.52. The van der Waals surface area contributed by atoms with Gasteiger partial charge in [0.05, 0.1) is 0 Å². The van der Waals surface area contributed by atoms with Crippen molar-refractivity contribution in [2.45, 2.75) is 44.6 Å². The van der Waals surface area contributed by atoms with Crippen molar-refractivity contribution in [1.82, 2.24) is 9.80 Å². The van der Waals surface area contributed by atoms with Gasteiger partial charge in [-0.05, 0) is 71.2 Å². The van der Waals surface area contributed by atoms with E-state index in [1.165, 1.54) is 64.7 Å². The van der Waals surface area contributed by atoms with E-state index >= 15 is 0 Å². The third-order valence-corrected chi connectivity index (χ3v) is 4.61. The molecule has 3 nitrogen and oxygen atoms in total. The fraction of sp³-hybridized carbons (Fsp3) is 1.00. The Labute approximate surface area is 106 Å². The van der Waals surface area contributed by atoms with Crippen molar-refractivity contribution in [3.63, 3.8) is 0 Å². The third-order valence-electron chi connectivity index (χ3n) is 4.61. The van der Waals surface area contributed by atoms with Gasteiger partial charge in [0, 0.05) is 12.6 Å². The molecular formula is C14H29N3. The molecule has 0 aromatic rings. The summed E-state index contributed by atoms with van der Waals surface area (Å²) in [6.07, 6.45) is 8.08. The van der Waals surface area contributed by atoms with Gasteiger partial charge in [-0.25, -0.2) is 0 Å². The maximum absolute atomic E-state index is 5.53. The van der Waals surface area contributed by atoms with Crippen molar-refractivity contribution in [1.29, 1.82) is 0 Å². The van der Waals surface area contributed by atoms with Gasteiger partial charge in [0.25, 0.3) is 0 Å². The van der Waals surface area contributed by atoms with Gasteiger partial charge in [0.1, 0.15) is 0 Å². The first-order valence-electron chi connectivity index (χ1n) is 7.44. The number of unbranched alkanes of at least 4 members (excludes halogenated alkanes) is 2. The van der Waals surface area contributed by atoms with Crippen LogP contribution in [0.2, 0.25) is 0 Å². The summed E-state index contributed by atoms with van der Waals surface area (Å²) in [5.74, 6) is 0.942. The second-order valence-electron chi connectivity index (χ2n) is 5.89. The molecule has 0 spiro atoms. The van der Waals surface area contributed by atoms with Gasteiger partial charge in [-0.3, -0.25) is 0 Å². The molecule has 0 amide bonds. The number of likely N-dealkylation sites (tertiary alicyclic amines) is 2. The lowest BCUT2D eigenvalue weighted by atomic mass is 9.84. The van der Waals surface area contributed by atoms with Gasteiger partial charge in [-0.1, -0.05) is 6.42 Å². The maximum Gasteiger partial charge on any atom is 0.0145 e.